The Hall–Kier alpha value is -0.620. The molecule has 0 fully saturated rings. The summed E-state index contributed by atoms with van der Waals surface area (Å²) in [7, 11) is -1.88. The van der Waals surface area contributed by atoms with E-state index in [-0.39, 0.29) is 10.9 Å². The summed E-state index contributed by atoms with van der Waals surface area (Å²) in [6, 6.07) is 4.87. The van der Waals surface area contributed by atoms with Crippen LogP contribution in [0.1, 0.15) is 32.8 Å². The highest BCUT2D eigenvalue weighted by molar-refractivity contribution is 7.89. The first-order valence-electron chi connectivity index (χ1n) is 6.81. The fourth-order valence-corrected chi connectivity index (χ4v) is 3.53. The highest BCUT2D eigenvalue weighted by atomic mass is 35.5. The molecule has 1 aromatic carbocycles. The summed E-state index contributed by atoms with van der Waals surface area (Å²) in [6.45, 7) is 7.33. The van der Waals surface area contributed by atoms with Crippen LogP contribution in [0.25, 0.3) is 0 Å². The lowest BCUT2D eigenvalue weighted by molar-refractivity contribution is 0.380. The van der Waals surface area contributed by atoms with Gasteiger partial charge in [0.05, 0.1) is 4.90 Å². The van der Waals surface area contributed by atoms with E-state index in [1.54, 1.807) is 19.2 Å². The minimum absolute atomic E-state index is 0.0415. The van der Waals surface area contributed by atoms with Crippen LogP contribution >= 0.6 is 11.6 Å². The summed E-state index contributed by atoms with van der Waals surface area (Å²) in [5.74, 6) is 0. The van der Waals surface area contributed by atoms with Gasteiger partial charge in [0, 0.05) is 24.7 Å². The van der Waals surface area contributed by atoms with Crippen molar-refractivity contribution in [2.75, 3.05) is 13.6 Å². The maximum Gasteiger partial charge on any atom is 0.243 e. The topological polar surface area (TPSA) is 49.4 Å². The second-order valence-corrected chi connectivity index (χ2v) is 7.22. The molecule has 1 rings (SSSR count). The minimum Gasteiger partial charge on any atom is -0.313 e. The van der Waals surface area contributed by atoms with Crippen molar-refractivity contribution in [3.63, 3.8) is 0 Å². The zero-order valence-corrected chi connectivity index (χ0v) is 14.1. The van der Waals surface area contributed by atoms with Gasteiger partial charge in [-0.25, -0.2) is 8.42 Å². The Morgan fingerprint density at radius 2 is 2.00 bits per heavy atom. The van der Waals surface area contributed by atoms with E-state index in [1.165, 1.54) is 10.4 Å². The van der Waals surface area contributed by atoms with Crippen molar-refractivity contribution >= 4 is 21.6 Å². The van der Waals surface area contributed by atoms with Gasteiger partial charge < -0.3 is 5.32 Å². The van der Waals surface area contributed by atoms with Crippen LogP contribution in [0.5, 0.6) is 0 Å². The van der Waals surface area contributed by atoms with Crippen molar-refractivity contribution in [3.05, 3.63) is 28.8 Å². The Morgan fingerprint density at radius 1 is 1.35 bits per heavy atom. The average molecular weight is 319 g/mol. The quantitative estimate of drug-likeness (QED) is 0.841. The third-order valence-corrected chi connectivity index (χ3v) is 5.80. The summed E-state index contributed by atoms with van der Waals surface area (Å²) < 4.78 is 26.3. The van der Waals surface area contributed by atoms with Crippen LogP contribution in [0.4, 0.5) is 0 Å². The molecule has 0 amide bonds. The lowest BCUT2D eigenvalue weighted by Gasteiger charge is -2.23. The SMILES string of the molecule is CCNCc1ccc(S(=O)(=O)N(C)C(C)CC)cc1Cl. The van der Waals surface area contributed by atoms with Gasteiger partial charge in [0.25, 0.3) is 0 Å². The normalized spacial score (nSPS) is 13.7. The van der Waals surface area contributed by atoms with Crippen LogP contribution in [0.15, 0.2) is 23.1 Å². The average Bonchev–Trinajstić information content (AvgIpc) is 2.44. The predicted molar refractivity (Wildman–Crippen MR) is 83.5 cm³/mol. The molecule has 6 heteroatoms. The van der Waals surface area contributed by atoms with E-state index in [9.17, 15) is 8.42 Å². The minimum atomic E-state index is -3.48. The molecule has 0 saturated carbocycles. The van der Waals surface area contributed by atoms with Crippen molar-refractivity contribution in [1.82, 2.24) is 9.62 Å². The molecule has 0 bridgehead atoms. The molecular weight excluding hydrogens is 296 g/mol. The molecule has 0 aromatic heterocycles. The van der Waals surface area contributed by atoms with E-state index < -0.39 is 10.0 Å². The smallest absolute Gasteiger partial charge is 0.243 e. The van der Waals surface area contributed by atoms with Gasteiger partial charge in [-0.3, -0.25) is 0 Å². The maximum atomic E-state index is 12.5. The highest BCUT2D eigenvalue weighted by Crippen LogP contribution is 2.24. The number of nitrogens with zero attached hydrogens (tertiary/aromatic N) is 1. The standard InChI is InChI=1S/C14H23ClN2O2S/c1-5-11(3)17(4)20(18,19)13-8-7-12(10-16-6-2)14(15)9-13/h7-9,11,16H,5-6,10H2,1-4H3. The Bertz CT molecular complexity index is 546. The molecule has 1 atom stereocenters. The van der Waals surface area contributed by atoms with Crippen molar-refractivity contribution < 1.29 is 8.42 Å². The molecule has 1 unspecified atom stereocenters. The summed E-state index contributed by atoms with van der Waals surface area (Å²) in [4.78, 5) is 0.241. The third-order valence-electron chi connectivity index (χ3n) is 3.48. The van der Waals surface area contributed by atoms with Crippen molar-refractivity contribution in [2.24, 2.45) is 0 Å². The van der Waals surface area contributed by atoms with E-state index in [2.05, 4.69) is 5.32 Å². The molecule has 4 nitrogen and oxygen atoms in total. The number of rotatable bonds is 7. The Balaban J connectivity index is 3.05. The number of halogens is 1. The van der Waals surface area contributed by atoms with Gasteiger partial charge in [-0.2, -0.15) is 4.31 Å². The van der Waals surface area contributed by atoms with Crippen LogP contribution < -0.4 is 5.32 Å². The van der Waals surface area contributed by atoms with E-state index in [4.69, 9.17) is 11.6 Å². The summed E-state index contributed by atoms with van der Waals surface area (Å²) >= 11 is 6.17. The third kappa shape index (κ3) is 3.95. The van der Waals surface area contributed by atoms with E-state index >= 15 is 0 Å². The van der Waals surface area contributed by atoms with Gasteiger partial charge in [-0.15, -0.1) is 0 Å². The van der Waals surface area contributed by atoms with E-state index in [0.29, 0.717) is 11.6 Å². The molecule has 0 aliphatic rings. The zero-order chi connectivity index (χ0) is 15.3. The largest absolute Gasteiger partial charge is 0.313 e. The zero-order valence-electron chi connectivity index (χ0n) is 12.5. The van der Waals surface area contributed by atoms with Gasteiger partial charge in [0.2, 0.25) is 10.0 Å². The predicted octanol–water partition coefficient (Wildman–Crippen LogP) is 2.87. The van der Waals surface area contributed by atoms with Crippen molar-refractivity contribution in [3.8, 4) is 0 Å². The van der Waals surface area contributed by atoms with E-state index in [1.807, 2.05) is 20.8 Å². The molecule has 1 N–H and O–H groups in total. The molecule has 0 radical (unpaired) electrons. The first kappa shape index (κ1) is 17.4. The van der Waals surface area contributed by atoms with Crippen LogP contribution in [0, 0.1) is 0 Å². The maximum absolute atomic E-state index is 12.5. The molecule has 1 aromatic rings. The molecule has 0 spiro atoms. The summed E-state index contributed by atoms with van der Waals surface area (Å²) in [5.41, 5.74) is 0.902. The molecule has 0 heterocycles. The van der Waals surface area contributed by atoms with Crippen LogP contribution in [0.3, 0.4) is 0 Å². The Morgan fingerprint density at radius 3 is 2.50 bits per heavy atom. The molecule has 20 heavy (non-hydrogen) atoms. The number of nitrogens with one attached hydrogen (secondary N) is 1. The van der Waals surface area contributed by atoms with Gasteiger partial charge >= 0.3 is 0 Å². The first-order chi connectivity index (χ1) is 9.34. The second kappa shape index (κ2) is 7.41. The summed E-state index contributed by atoms with van der Waals surface area (Å²) in [5, 5.41) is 3.65. The first-order valence-corrected chi connectivity index (χ1v) is 8.63. The van der Waals surface area contributed by atoms with Crippen LogP contribution in [-0.4, -0.2) is 32.4 Å². The Kier molecular flexibility index (Phi) is 6.45. The Labute approximate surface area is 127 Å². The molecule has 114 valence electrons. The van der Waals surface area contributed by atoms with Crippen molar-refractivity contribution in [1.29, 1.82) is 0 Å². The van der Waals surface area contributed by atoms with Crippen LogP contribution in [-0.2, 0) is 16.6 Å². The fourth-order valence-electron chi connectivity index (χ4n) is 1.75. The highest BCUT2D eigenvalue weighted by Gasteiger charge is 2.24. The van der Waals surface area contributed by atoms with Gasteiger partial charge in [-0.05, 0) is 37.6 Å². The fraction of sp³-hybridized carbons (Fsp3) is 0.571. The molecule has 0 aliphatic carbocycles. The lowest BCUT2D eigenvalue weighted by atomic mass is 10.2. The summed E-state index contributed by atoms with van der Waals surface area (Å²) in [6.07, 6.45) is 0.766. The number of hydrogen-bond acceptors (Lipinski definition) is 3. The van der Waals surface area contributed by atoms with Gasteiger partial charge in [-0.1, -0.05) is 31.5 Å². The van der Waals surface area contributed by atoms with Crippen molar-refractivity contribution in [2.45, 2.75) is 44.7 Å². The van der Waals surface area contributed by atoms with Crippen LogP contribution in [0.2, 0.25) is 5.02 Å². The second-order valence-electron chi connectivity index (χ2n) is 4.81. The molecule has 0 saturated heterocycles. The number of hydrogen-bond donors (Lipinski definition) is 1. The number of benzene rings is 1. The monoisotopic (exact) mass is 318 g/mol. The lowest BCUT2D eigenvalue weighted by Crippen LogP contribution is -2.34. The van der Waals surface area contributed by atoms with Gasteiger partial charge in [0.1, 0.15) is 0 Å². The molecular formula is C14H23ClN2O2S. The van der Waals surface area contributed by atoms with E-state index in [0.717, 1.165) is 18.5 Å². The number of sulfonamides is 1. The molecule has 0 aliphatic heterocycles. The van der Waals surface area contributed by atoms with Gasteiger partial charge in [0.15, 0.2) is 0 Å².